The number of fused-ring (bicyclic) bond motifs is 1. The number of carbonyl (C=O) groups is 2. The molecule has 0 bridgehead atoms. The molecule has 21 heavy (non-hydrogen) atoms. The summed E-state index contributed by atoms with van der Waals surface area (Å²) in [4.78, 5) is 27.0. The fourth-order valence-corrected chi connectivity index (χ4v) is 4.34. The first-order chi connectivity index (χ1) is 9.73. The number of hydrogen-bond donors (Lipinski definition) is 0. The van der Waals surface area contributed by atoms with Gasteiger partial charge in [0.1, 0.15) is 10.5 Å². The predicted octanol–water partition coefficient (Wildman–Crippen LogP) is 3.96. The fourth-order valence-electron chi connectivity index (χ4n) is 1.90. The van der Waals surface area contributed by atoms with Gasteiger partial charge in [-0.1, -0.05) is 11.6 Å². The van der Waals surface area contributed by atoms with Crippen LogP contribution in [0.25, 0.3) is 0 Å². The molecular formula is C13H15ClINO4S. The first-order valence-electron chi connectivity index (χ1n) is 6.24. The number of thiophene rings is 1. The lowest BCUT2D eigenvalue weighted by Crippen LogP contribution is -2.33. The number of rotatable bonds is 2. The Kier molecular flexibility index (Phi) is 5.04. The van der Waals surface area contributed by atoms with Gasteiger partial charge in [0.05, 0.1) is 13.1 Å². The van der Waals surface area contributed by atoms with Crippen molar-refractivity contribution < 1.29 is 19.1 Å². The summed E-state index contributed by atoms with van der Waals surface area (Å²) in [6.45, 7) is 6.41. The third-order valence-electron chi connectivity index (χ3n) is 2.73. The maximum Gasteiger partial charge on any atom is 0.410 e. The second kappa shape index (κ2) is 6.29. The summed E-state index contributed by atoms with van der Waals surface area (Å²) < 4.78 is 11.0. The van der Waals surface area contributed by atoms with Gasteiger partial charge in [-0.15, -0.1) is 11.3 Å². The molecule has 8 heteroatoms. The average molecular weight is 444 g/mol. The van der Waals surface area contributed by atoms with Crippen LogP contribution in [-0.2, 0) is 22.6 Å². The third-order valence-corrected chi connectivity index (χ3v) is 5.59. The van der Waals surface area contributed by atoms with Crippen molar-refractivity contribution in [1.82, 2.24) is 4.90 Å². The Morgan fingerprint density at radius 3 is 2.57 bits per heavy atom. The van der Waals surface area contributed by atoms with Gasteiger partial charge in [-0.3, -0.25) is 4.90 Å². The largest absolute Gasteiger partial charge is 0.445 e. The maximum atomic E-state index is 12.1. The van der Waals surface area contributed by atoms with Crippen LogP contribution in [0.2, 0.25) is 0 Å². The number of alkyl halides is 1. The van der Waals surface area contributed by atoms with Crippen molar-refractivity contribution in [3.05, 3.63) is 18.9 Å². The van der Waals surface area contributed by atoms with E-state index in [4.69, 9.17) is 21.1 Å². The summed E-state index contributed by atoms with van der Waals surface area (Å²) >= 11 is 8.86. The molecule has 0 fully saturated rings. The van der Waals surface area contributed by atoms with Gasteiger partial charge in [-0.05, 0) is 43.4 Å². The number of hydrogen-bond acceptors (Lipinski definition) is 5. The van der Waals surface area contributed by atoms with E-state index < -0.39 is 11.6 Å². The summed E-state index contributed by atoms with van der Waals surface area (Å²) in [6, 6.07) is -0.165. The third kappa shape index (κ3) is 3.81. The molecule has 2 heterocycles. The minimum atomic E-state index is -0.518. The topological polar surface area (TPSA) is 55.8 Å². The summed E-state index contributed by atoms with van der Waals surface area (Å²) in [5, 5.41) is 0. The van der Waals surface area contributed by atoms with Gasteiger partial charge in [0, 0.05) is 14.0 Å². The zero-order valence-electron chi connectivity index (χ0n) is 11.9. The highest BCUT2D eigenvalue weighted by Crippen LogP contribution is 2.37. The van der Waals surface area contributed by atoms with Crippen LogP contribution in [0.1, 0.15) is 40.9 Å². The van der Waals surface area contributed by atoms with Crippen LogP contribution in [0.3, 0.4) is 0 Å². The SMILES string of the molecule is CC(C)(C)OC(=O)N1Cc2sc(C(=O)OCCl)c(I)c2C1. The number of carbonyl (C=O) groups excluding carboxylic acids is 2. The second-order valence-corrected chi connectivity index (χ2v) is 7.93. The number of amides is 1. The molecular weight excluding hydrogens is 429 g/mol. The molecule has 0 aliphatic carbocycles. The van der Waals surface area contributed by atoms with Gasteiger partial charge in [0.25, 0.3) is 0 Å². The zero-order valence-corrected chi connectivity index (χ0v) is 15.6. The van der Waals surface area contributed by atoms with E-state index in [2.05, 4.69) is 22.6 Å². The molecule has 2 rings (SSSR count). The Hall–Kier alpha value is -0.540. The number of nitrogens with zero attached hydrogens (tertiary/aromatic N) is 1. The maximum absolute atomic E-state index is 12.1. The van der Waals surface area contributed by atoms with E-state index in [1.165, 1.54) is 11.3 Å². The minimum Gasteiger partial charge on any atom is -0.445 e. The van der Waals surface area contributed by atoms with Gasteiger partial charge in [-0.2, -0.15) is 0 Å². The Balaban J connectivity index is 2.11. The highest BCUT2D eigenvalue weighted by molar-refractivity contribution is 14.1. The summed E-state index contributed by atoms with van der Waals surface area (Å²) in [5.74, 6) is -0.419. The molecule has 5 nitrogen and oxygen atoms in total. The monoisotopic (exact) mass is 443 g/mol. The van der Waals surface area contributed by atoms with Crippen molar-refractivity contribution in [3.8, 4) is 0 Å². The van der Waals surface area contributed by atoms with Crippen LogP contribution in [0.5, 0.6) is 0 Å². The van der Waals surface area contributed by atoms with Crippen molar-refractivity contribution in [2.75, 3.05) is 6.07 Å². The molecule has 1 amide bonds. The second-order valence-electron chi connectivity index (χ2n) is 5.52. The first-order valence-corrected chi connectivity index (χ1v) is 8.67. The quantitative estimate of drug-likeness (QED) is 0.394. The summed E-state index contributed by atoms with van der Waals surface area (Å²) in [5.41, 5.74) is 0.475. The lowest BCUT2D eigenvalue weighted by Gasteiger charge is -2.24. The normalized spacial score (nSPS) is 14.0. The average Bonchev–Trinajstić information content (AvgIpc) is 2.88. The molecule has 0 N–H and O–H groups in total. The van der Waals surface area contributed by atoms with Crippen molar-refractivity contribution in [3.63, 3.8) is 0 Å². The van der Waals surface area contributed by atoms with Crippen LogP contribution < -0.4 is 0 Å². The zero-order chi connectivity index (χ0) is 15.8. The fraction of sp³-hybridized carbons (Fsp3) is 0.538. The highest BCUT2D eigenvalue weighted by Gasteiger charge is 2.33. The van der Waals surface area contributed by atoms with E-state index >= 15 is 0 Å². The Labute approximate surface area is 145 Å². The first kappa shape index (κ1) is 16.8. The molecule has 1 aromatic rings. The molecule has 0 saturated heterocycles. The van der Waals surface area contributed by atoms with Crippen molar-refractivity contribution in [2.45, 2.75) is 39.5 Å². The number of ether oxygens (including phenoxy) is 2. The standard InChI is InChI=1S/C13H15ClINO4S/c1-13(2,3)20-12(18)16-4-7-8(5-16)21-10(9(7)15)11(17)19-6-14/h4-6H2,1-3H3. The van der Waals surface area contributed by atoms with Crippen LogP contribution in [0.4, 0.5) is 4.79 Å². The molecule has 116 valence electrons. The van der Waals surface area contributed by atoms with E-state index in [1.54, 1.807) is 4.90 Å². The highest BCUT2D eigenvalue weighted by atomic mass is 127. The van der Waals surface area contributed by atoms with Gasteiger partial charge in [-0.25, -0.2) is 9.59 Å². The van der Waals surface area contributed by atoms with Crippen LogP contribution >= 0.6 is 45.5 Å². The molecule has 0 aromatic carbocycles. The van der Waals surface area contributed by atoms with E-state index in [1.807, 2.05) is 20.8 Å². The van der Waals surface area contributed by atoms with E-state index in [0.717, 1.165) is 14.0 Å². The Morgan fingerprint density at radius 2 is 2.05 bits per heavy atom. The number of halogens is 2. The van der Waals surface area contributed by atoms with Gasteiger partial charge in [0.15, 0.2) is 6.07 Å². The molecule has 1 aromatic heterocycles. The van der Waals surface area contributed by atoms with Gasteiger partial charge < -0.3 is 9.47 Å². The van der Waals surface area contributed by atoms with Crippen molar-refractivity contribution in [2.24, 2.45) is 0 Å². The van der Waals surface area contributed by atoms with Gasteiger partial charge in [0.2, 0.25) is 0 Å². The predicted molar refractivity (Wildman–Crippen MR) is 88.7 cm³/mol. The molecule has 0 atom stereocenters. The van der Waals surface area contributed by atoms with E-state index in [-0.39, 0.29) is 12.2 Å². The smallest absolute Gasteiger partial charge is 0.410 e. The van der Waals surface area contributed by atoms with Crippen molar-refractivity contribution >= 4 is 57.6 Å². The molecule has 0 saturated carbocycles. The molecule has 0 unspecified atom stereocenters. The molecule has 1 aliphatic heterocycles. The van der Waals surface area contributed by atoms with E-state index in [0.29, 0.717) is 18.0 Å². The Morgan fingerprint density at radius 1 is 1.38 bits per heavy atom. The Bertz CT molecular complexity index is 581. The summed E-state index contributed by atoms with van der Waals surface area (Å²) in [6.07, 6.45) is -0.341. The van der Waals surface area contributed by atoms with Crippen molar-refractivity contribution in [1.29, 1.82) is 0 Å². The van der Waals surface area contributed by atoms with Gasteiger partial charge >= 0.3 is 12.1 Å². The van der Waals surface area contributed by atoms with Crippen LogP contribution in [-0.4, -0.2) is 28.6 Å². The molecule has 0 spiro atoms. The minimum absolute atomic E-state index is 0.165. The van der Waals surface area contributed by atoms with Crippen LogP contribution in [0.15, 0.2) is 0 Å². The molecule has 0 radical (unpaired) electrons. The van der Waals surface area contributed by atoms with Crippen LogP contribution in [0, 0.1) is 3.57 Å². The number of esters is 1. The summed E-state index contributed by atoms with van der Waals surface area (Å²) in [7, 11) is 0. The lowest BCUT2D eigenvalue weighted by atomic mass is 10.2. The molecule has 1 aliphatic rings. The van der Waals surface area contributed by atoms with E-state index in [9.17, 15) is 9.59 Å². The lowest BCUT2D eigenvalue weighted by molar-refractivity contribution is 0.0242.